The Morgan fingerprint density at radius 3 is 2.50 bits per heavy atom. The summed E-state index contributed by atoms with van der Waals surface area (Å²) in [5, 5.41) is 0. The van der Waals surface area contributed by atoms with Gasteiger partial charge in [-0.05, 0) is 43.0 Å². The van der Waals surface area contributed by atoms with Crippen molar-refractivity contribution in [1.29, 1.82) is 0 Å². The standard InChI is InChI=1S/C12H15BrFNO2S/c13-12-3-1-2-9(12)8-15-18(16,17)11-6-4-10(14)5-7-11/h4-7,9,12,15H,1-3,8H2. The molecule has 6 heteroatoms. The molecule has 0 bridgehead atoms. The molecule has 1 aliphatic carbocycles. The molecule has 0 spiro atoms. The van der Waals surface area contributed by atoms with Crippen LogP contribution in [0.4, 0.5) is 4.39 Å². The minimum Gasteiger partial charge on any atom is -0.211 e. The highest BCUT2D eigenvalue weighted by molar-refractivity contribution is 9.09. The lowest BCUT2D eigenvalue weighted by Crippen LogP contribution is -2.31. The number of benzene rings is 1. The van der Waals surface area contributed by atoms with E-state index >= 15 is 0 Å². The second-order valence-electron chi connectivity index (χ2n) is 4.51. The molecule has 1 aliphatic rings. The molecule has 1 aromatic rings. The molecule has 1 N–H and O–H groups in total. The first-order chi connectivity index (χ1) is 8.49. The first kappa shape index (κ1) is 14.0. The molecular formula is C12H15BrFNO2S. The number of halogens is 2. The third-order valence-corrected chi connectivity index (χ3v) is 5.87. The quantitative estimate of drug-likeness (QED) is 0.860. The second-order valence-corrected chi connectivity index (χ2v) is 7.46. The van der Waals surface area contributed by atoms with E-state index < -0.39 is 15.8 Å². The van der Waals surface area contributed by atoms with Gasteiger partial charge in [0.1, 0.15) is 5.82 Å². The van der Waals surface area contributed by atoms with Gasteiger partial charge in [-0.25, -0.2) is 17.5 Å². The molecule has 2 rings (SSSR count). The molecule has 1 fully saturated rings. The molecule has 2 atom stereocenters. The van der Waals surface area contributed by atoms with Crippen molar-refractivity contribution in [2.24, 2.45) is 5.92 Å². The van der Waals surface area contributed by atoms with Gasteiger partial charge in [-0.2, -0.15) is 0 Å². The molecule has 0 saturated heterocycles. The van der Waals surface area contributed by atoms with E-state index in [1.807, 2.05) is 0 Å². The molecule has 18 heavy (non-hydrogen) atoms. The molecule has 0 radical (unpaired) electrons. The van der Waals surface area contributed by atoms with Gasteiger partial charge in [-0.3, -0.25) is 0 Å². The Labute approximate surface area is 115 Å². The lowest BCUT2D eigenvalue weighted by atomic mass is 10.1. The maximum Gasteiger partial charge on any atom is 0.240 e. The molecule has 2 unspecified atom stereocenters. The highest BCUT2D eigenvalue weighted by Gasteiger charge is 2.26. The van der Waals surface area contributed by atoms with Gasteiger partial charge in [0.05, 0.1) is 4.90 Å². The topological polar surface area (TPSA) is 46.2 Å². The smallest absolute Gasteiger partial charge is 0.211 e. The Kier molecular flexibility index (Phi) is 4.40. The number of hydrogen-bond donors (Lipinski definition) is 1. The Hall–Kier alpha value is -0.460. The number of sulfonamides is 1. The van der Waals surface area contributed by atoms with E-state index in [9.17, 15) is 12.8 Å². The van der Waals surface area contributed by atoms with Crippen LogP contribution in [0.1, 0.15) is 19.3 Å². The predicted molar refractivity (Wildman–Crippen MR) is 71.6 cm³/mol. The summed E-state index contributed by atoms with van der Waals surface area (Å²) in [5.41, 5.74) is 0. The van der Waals surface area contributed by atoms with Crippen LogP contribution in [0, 0.1) is 11.7 Å². The zero-order chi connectivity index (χ0) is 13.2. The zero-order valence-electron chi connectivity index (χ0n) is 9.77. The Balaban J connectivity index is 2.01. The van der Waals surface area contributed by atoms with E-state index in [0.717, 1.165) is 31.4 Å². The van der Waals surface area contributed by atoms with Gasteiger partial charge in [0.2, 0.25) is 10.0 Å². The number of rotatable bonds is 4. The van der Waals surface area contributed by atoms with Gasteiger partial charge in [-0.15, -0.1) is 0 Å². The minimum atomic E-state index is -3.53. The maximum atomic E-state index is 12.7. The molecule has 0 amide bonds. The van der Waals surface area contributed by atoms with Crippen molar-refractivity contribution >= 4 is 26.0 Å². The Morgan fingerprint density at radius 2 is 1.94 bits per heavy atom. The van der Waals surface area contributed by atoms with Crippen LogP contribution >= 0.6 is 15.9 Å². The lowest BCUT2D eigenvalue weighted by Gasteiger charge is -2.14. The van der Waals surface area contributed by atoms with E-state index in [1.165, 1.54) is 12.1 Å². The molecule has 0 aliphatic heterocycles. The fraction of sp³-hybridized carbons (Fsp3) is 0.500. The SMILES string of the molecule is O=S(=O)(NCC1CCCC1Br)c1ccc(F)cc1. The molecule has 1 saturated carbocycles. The van der Waals surface area contributed by atoms with Crippen LogP contribution in [-0.2, 0) is 10.0 Å². The van der Waals surface area contributed by atoms with Gasteiger partial charge in [0, 0.05) is 11.4 Å². The van der Waals surface area contributed by atoms with Gasteiger partial charge in [0.25, 0.3) is 0 Å². The predicted octanol–water partition coefficient (Wildman–Crippen LogP) is 2.67. The number of hydrogen-bond acceptors (Lipinski definition) is 2. The van der Waals surface area contributed by atoms with Gasteiger partial charge in [-0.1, -0.05) is 22.4 Å². The summed E-state index contributed by atoms with van der Waals surface area (Å²) < 4.78 is 39.2. The van der Waals surface area contributed by atoms with E-state index in [2.05, 4.69) is 20.7 Å². The van der Waals surface area contributed by atoms with Crippen molar-refractivity contribution in [1.82, 2.24) is 4.72 Å². The second kappa shape index (κ2) is 5.67. The summed E-state index contributed by atoms with van der Waals surface area (Å²) >= 11 is 3.55. The van der Waals surface area contributed by atoms with Crippen molar-refractivity contribution in [3.05, 3.63) is 30.1 Å². The van der Waals surface area contributed by atoms with Crippen molar-refractivity contribution in [2.45, 2.75) is 29.0 Å². The third-order valence-electron chi connectivity index (χ3n) is 3.23. The van der Waals surface area contributed by atoms with Crippen LogP contribution in [0.3, 0.4) is 0 Å². The van der Waals surface area contributed by atoms with Crippen molar-refractivity contribution in [3.63, 3.8) is 0 Å². The van der Waals surface area contributed by atoms with E-state index in [4.69, 9.17) is 0 Å². The monoisotopic (exact) mass is 335 g/mol. The van der Waals surface area contributed by atoms with Crippen molar-refractivity contribution in [2.75, 3.05) is 6.54 Å². The van der Waals surface area contributed by atoms with Crippen LogP contribution in [0.15, 0.2) is 29.2 Å². The normalized spacial score (nSPS) is 24.3. The highest BCUT2D eigenvalue weighted by Crippen LogP contribution is 2.31. The summed E-state index contributed by atoms with van der Waals surface area (Å²) in [6, 6.07) is 4.85. The number of alkyl halides is 1. The molecule has 0 heterocycles. The molecular weight excluding hydrogens is 321 g/mol. The fourth-order valence-corrected chi connectivity index (χ4v) is 4.00. The van der Waals surface area contributed by atoms with E-state index in [1.54, 1.807) is 0 Å². The summed E-state index contributed by atoms with van der Waals surface area (Å²) in [5.74, 6) is -0.106. The van der Waals surface area contributed by atoms with Crippen LogP contribution in [0.2, 0.25) is 0 Å². The summed E-state index contributed by atoms with van der Waals surface area (Å²) in [7, 11) is -3.53. The minimum absolute atomic E-state index is 0.105. The highest BCUT2D eigenvalue weighted by atomic mass is 79.9. The number of nitrogens with one attached hydrogen (secondary N) is 1. The summed E-state index contributed by atoms with van der Waals surface area (Å²) in [6.45, 7) is 0.426. The largest absolute Gasteiger partial charge is 0.240 e. The lowest BCUT2D eigenvalue weighted by molar-refractivity contribution is 0.529. The van der Waals surface area contributed by atoms with Crippen LogP contribution in [-0.4, -0.2) is 19.8 Å². The first-order valence-corrected chi connectivity index (χ1v) is 8.28. The summed E-state index contributed by atoms with van der Waals surface area (Å²) in [6.07, 6.45) is 3.24. The van der Waals surface area contributed by atoms with Crippen LogP contribution in [0.25, 0.3) is 0 Å². The zero-order valence-corrected chi connectivity index (χ0v) is 12.2. The first-order valence-electron chi connectivity index (χ1n) is 5.88. The molecule has 100 valence electrons. The molecule has 1 aromatic carbocycles. The Morgan fingerprint density at radius 1 is 1.28 bits per heavy atom. The van der Waals surface area contributed by atoms with E-state index in [-0.39, 0.29) is 4.90 Å². The van der Waals surface area contributed by atoms with Crippen LogP contribution < -0.4 is 4.72 Å². The summed E-state index contributed by atoms with van der Waals surface area (Å²) in [4.78, 5) is 0.487. The third kappa shape index (κ3) is 3.30. The van der Waals surface area contributed by atoms with Crippen LogP contribution in [0.5, 0.6) is 0 Å². The van der Waals surface area contributed by atoms with E-state index in [0.29, 0.717) is 17.3 Å². The average molecular weight is 336 g/mol. The van der Waals surface area contributed by atoms with Gasteiger partial charge in [0.15, 0.2) is 0 Å². The average Bonchev–Trinajstić information content (AvgIpc) is 2.73. The van der Waals surface area contributed by atoms with Crippen molar-refractivity contribution in [3.8, 4) is 0 Å². The van der Waals surface area contributed by atoms with Crippen molar-refractivity contribution < 1.29 is 12.8 Å². The fourth-order valence-electron chi connectivity index (χ4n) is 2.14. The van der Waals surface area contributed by atoms with Gasteiger partial charge >= 0.3 is 0 Å². The molecule has 0 aromatic heterocycles. The maximum absolute atomic E-state index is 12.7. The molecule has 3 nitrogen and oxygen atoms in total. The Bertz CT molecular complexity index is 503. The van der Waals surface area contributed by atoms with Gasteiger partial charge < -0.3 is 0 Å².